The lowest BCUT2D eigenvalue weighted by molar-refractivity contribution is -0.0693. The van der Waals surface area contributed by atoms with Gasteiger partial charge in [0.25, 0.3) is 0 Å². The molecule has 1 saturated carbocycles. The zero-order valence-corrected chi connectivity index (χ0v) is 10.5. The van der Waals surface area contributed by atoms with E-state index < -0.39 is 0 Å². The normalized spacial score (nSPS) is 19.2. The molecule has 15 heavy (non-hydrogen) atoms. The monoisotopic (exact) mass is 214 g/mol. The van der Waals surface area contributed by atoms with Crippen LogP contribution in [-0.2, 0) is 4.74 Å². The number of hydrogen-bond acceptors (Lipinski definition) is 3. The third kappa shape index (κ3) is 3.74. The molecule has 0 heterocycles. The molecule has 1 aliphatic carbocycles. The van der Waals surface area contributed by atoms with Gasteiger partial charge in [0.15, 0.2) is 0 Å². The molecule has 0 atom stereocenters. The molecule has 1 fully saturated rings. The number of hydrogen-bond donors (Lipinski definition) is 1. The first kappa shape index (κ1) is 12.9. The van der Waals surface area contributed by atoms with Gasteiger partial charge in [-0.15, -0.1) is 0 Å². The quantitative estimate of drug-likeness (QED) is 0.620. The fourth-order valence-corrected chi connectivity index (χ4v) is 2.12. The zero-order chi connectivity index (χ0) is 11.1. The van der Waals surface area contributed by atoms with Crippen LogP contribution in [0.1, 0.15) is 33.1 Å². The van der Waals surface area contributed by atoms with Crippen molar-refractivity contribution in [3.8, 4) is 0 Å². The Bertz CT molecular complexity index is 159. The Hall–Kier alpha value is -0.120. The molecule has 0 unspecified atom stereocenters. The average Bonchev–Trinajstić information content (AvgIpc) is 2.22. The molecular formula is C12H26N2O. The molecule has 0 radical (unpaired) electrons. The Morgan fingerprint density at radius 3 is 2.33 bits per heavy atom. The highest BCUT2D eigenvalue weighted by atomic mass is 16.5. The molecular weight excluding hydrogens is 188 g/mol. The maximum absolute atomic E-state index is 5.56. The SMILES string of the molecule is CCN(CC)CCNCC1(OC)CCC1. The first-order valence-corrected chi connectivity index (χ1v) is 6.24. The predicted octanol–water partition coefficient (Wildman–Crippen LogP) is 1.49. The third-order valence-corrected chi connectivity index (χ3v) is 3.64. The molecule has 90 valence electrons. The van der Waals surface area contributed by atoms with E-state index in [1.807, 2.05) is 7.11 Å². The van der Waals surface area contributed by atoms with Crippen molar-refractivity contribution in [3.63, 3.8) is 0 Å². The summed E-state index contributed by atoms with van der Waals surface area (Å²) in [5, 5.41) is 3.51. The molecule has 3 heteroatoms. The summed E-state index contributed by atoms with van der Waals surface area (Å²) < 4.78 is 5.56. The molecule has 0 aromatic rings. The molecule has 1 N–H and O–H groups in total. The van der Waals surface area contributed by atoms with E-state index in [4.69, 9.17) is 4.74 Å². The van der Waals surface area contributed by atoms with E-state index in [-0.39, 0.29) is 5.60 Å². The number of nitrogens with zero attached hydrogens (tertiary/aromatic N) is 1. The van der Waals surface area contributed by atoms with Crippen molar-refractivity contribution in [1.29, 1.82) is 0 Å². The van der Waals surface area contributed by atoms with Crippen molar-refractivity contribution in [1.82, 2.24) is 10.2 Å². The van der Waals surface area contributed by atoms with E-state index in [1.54, 1.807) is 0 Å². The molecule has 3 nitrogen and oxygen atoms in total. The van der Waals surface area contributed by atoms with Gasteiger partial charge >= 0.3 is 0 Å². The Morgan fingerprint density at radius 1 is 1.27 bits per heavy atom. The van der Waals surface area contributed by atoms with Gasteiger partial charge < -0.3 is 15.0 Å². The summed E-state index contributed by atoms with van der Waals surface area (Å²) in [6, 6.07) is 0. The van der Waals surface area contributed by atoms with Gasteiger partial charge in [-0.2, -0.15) is 0 Å². The standard InChI is InChI=1S/C12H26N2O/c1-4-14(5-2)10-9-13-11-12(15-3)7-6-8-12/h13H,4-11H2,1-3H3. The van der Waals surface area contributed by atoms with Crippen LogP contribution in [0.25, 0.3) is 0 Å². The summed E-state index contributed by atoms with van der Waals surface area (Å²) in [4.78, 5) is 2.44. The Balaban J connectivity index is 2.05. The van der Waals surface area contributed by atoms with Gasteiger partial charge in [0.05, 0.1) is 5.60 Å². The maximum Gasteiger partial charge on any atom is 0.0802 e. The average molecular weight is 214 g/mol. The van der Waals surface area contributed by atoms with E-state index in [0.29, 0.717) is 0 Å². The third-order valence-electron chi connectivity index (χ3n) is 3.64. The van der Waals surface area contributed by atoms with Crippen LogP contribution in [0.4, 0.5) is 0 Å². The molecule has 1 rings (SSSR count). The molecule has 0 saturated heterocycles. The van der Waals surface area contributed by atoms with Gasteiger partial charge in [0, 0.05) is 26.7 Å². The first-order valence-electron chi connectivity index (χ1n) is 6.24. The minimum absolute atomic E-state index is 0.170. The van der Waals surface area contributed by atoms with Crippen LogP contribution in [0.15, 0.2) is 0 Å². The number of nitrogens with one attached hydrogen (secondary N) is 1. The summed E-state index contributed by atoms with van der Waals surface area (Å²) in [6.45, 7) is 9.96. The Morgan fingerprint density at radius 2 is 1.93 bits per heavy atom. The molecule has 0 aromatic heterocycles. The summed E-state index contributed by atoms with van der Waals surface area (Å²) in [6.07, 6.45) is 3.77. The highest BCUT2D eigenvalue weighted by Crippen LogP contribution is 2.34. The fraction of sp³-hybridized carbons (Fsp3) is 1.00. The maximum atomic E-state index is 5.56. The second-order valence-corrected chi connectivity index (χ2v) is 4.44. The molecule has 0 amide bonds. The number of methoxy groups -OCH3 is 1. The van der Waals surface area contributed by atoms with Crippen LogP contribution < -0.4 is 5.32 Å². The smallest absolute Gasteiger partial charge is 0.0802 e. The molecule has 0 aromatic carbocycles. The molecule has 1 aliphatic rings. The van der Waals surface area contributed by atoms with Gasteiger partial charge in [-0.25, -0.2) is 0 Å². The van der Waals surface area contributed by atoms with Gasteiger partial charge in [-0.05, 0) is 32.4 Å². The van der Waals surface area contributed by atoms with E-state index in [2.05, 4.69) is 24.1 Å². The number of ether oxygens (including phenoxy) is 1. The Kier molecular flexibility index (Phi) is 5.58. The van der Waals surface area contributed by atoms with Crippen molar-refractivity contribution in [2.45, 2.75) is 38.7 Å². The summed E-state index contributed by atoms with van der Waals surface area (Å²) >= 11 is 0. The number of likely N-dealkylation sites (N-methyl/N-ethyl adjacent to an activating group) is 1. The lowest BCUT2D eigenvalue weighted by Gasteiger charge is -2.40. The molecule has 0 spiro atoms. The van der Waals surface area contributed by atoms with Crippen LogP contribution in [0.3, 0.4) is 0 Å². The van der Waals surface area contributed by atoms with Crippen molar-refractivity contribution < 1.29 is 4.74 Å². The highest BCUT2D eigenvalue weighted by Gasteiger charge is 2.36. The summed E-state index contributed by atoms with van der Waals surface area (Å²) in [7, 11) is 1.84. The minimum Gasteiger partial charge on any atom is -0.377 e. The molecule has 0 bridgehead atoms. The topological polar surface area (TPSA) is 24.5 Å². The zero-order valence-electron chi connectivity index (χ0n) is 10.5. The van der Waals surface area contributed by atoms with Gasteiger partial charge in [-0.3, -0.25) is 0 Å². The van der Waals surface area contributed by atoms with Gasteiger partial charge in [-0.1, -0.05) is 13.8 Å². The van der Waals surface area contributed by atoms with Crippen LogP contribution in [0.2, 0.25) is 0 Å². The van der Waals surface area contributed by atoms with E-state index in [9.17, 15) is 0 Å². The van der Waals surface area contributed by atoms with Crippen molar-refractivity contribution in [3.05, 3.63) is 0 Å². The second kappa shape index (κ2) is 6.46. The Labute approximate surface area is 94.2 Å². The molecule has 0 aliphatic heterocycles. The first-order chi connectivity index (χ1) is 7.26. The highest BCUT2D eigenvalue weighted by molar-refractivity contribution is 4.91. The summed E-state index contributed by atoms with van der Waals surface area (Å²) in [5.41, 5.74) is 0.170. The van der Waals surface area contributed by atoms with E-state index in [0.717, 1.165) is 32.7 Å². The van der Waals surface area contributed by atoms with Crippen molar-refractivity contribution >= 4 is 0 Å². The van der Waals surface area contributed by atoms with Gasteiger partial charge in [0.1, 0.15) is 0 Å². The van der Waals surface area contributed by atoms with Gasteiger partial charge in [0.2, 0.25) is 0 Å². The van der Waals surface area contributed by atoms with Crippen molar-refractivity contribution in [2.75, 3.05) is 39.8 Å². The second-order valence-electron chi connectivity index (χ2n) is 4.44. The van der Waals surface area contributed by atoms with E-state index >= 15 is 0 Å². The minimum atomic E-state index is 0.170. The lowest BCUT2D eigenvalue weighted by atomic mass is 9.80. The van der Waals surface area contributed by atoms with Crippen LogP contribution in [0.5, 0.6) is 0 Å². The lowest BCUT2D eigenvalue weighted by Crippen LogP contribution is -2.49. The predicted molar refractivity (Wildman–Crippen MR) is 64.2 cm³/mol. The van der Waals surface area contributed by atoms with Crippen LogP contribution >= 0.6 is 0 Å². The van der Waals surface area contributed by atoms with E-state index in [1.165, 1.54) is 19.3 Å². The largest absolute Gasteiger partial charge is 0.377 e. The number of rotatable bonds is 8. The van der Waals surface area contributed by atoms with Crippen LogP contribution in [-0.4, -0.2) is 50.3 Å². The fourth-order valence-electron chi connectivity index (χ4n) is 2.12. The summed E-state index contributed by atoms with van der Waals surface area (Å²) in [5.74, 6) is 0. The van der Waals surface area contributed by atoms with Crippen molar-refractivity contribution in [2.24, 2.45) is 0 Å². The van der Waals surface area contributed by atoms with Crippen LogP contribution in [0, 0.1) is 0 Å².